The number of aryl methyl sites for hydroxylation is 2. The molecule has 0 radical (unpaired) electrons. The summed E-state index contributed by atoms with van der Waals surface area (Å²) in [7, 11) is 2.13. The minimum Gasteiger partial charge on any atom is -0.230 e. The lowest BCUT2D eigenvalue weighted by molar-refractivity contribution is -0.583. The Balaban J connectivity index is 2.30. The Labute approximate surface area is 126 Å². The second kappa shape index (κ2) is 5.21. The first-order valence-corrected chi connectivity index (χ1v) is 7.29. The lowest BCUT2D eigenvalue weighted by atomic mass is 10.0. The highest BCUT2D eigenvalue weighted by Gasteiger charge is 2.23. The molecule has 0 amide bonds. The van der Waals surface area contributed by atoms with Gasteiger partial charge in [-0.25, -0.2) is 4.57 Å². The summed E-state index contributed by atoms with van der Waals surface area (Å²) in [4.78, 5) is 0. The van der Waals surface area contributed by atoms with Crippen LogP contribution in [0.5, 0.6) is 0 Å². The Morgan fingerprint density at radius 3 is 2.29 bits per heavy atom. The van der Waals surface area contributed by atoms with E-state index in [4.69, 9.17) is 0 Å². The standard InChI is InChI=1S/C19H21N2/c1-14-9-8-12-18(16(14)3)19-20(4)15(2)13-21(19)17-10-6-5-7-11-17/h5-13H,1-4H3/q+1. The van der Waals surface area contributed by atoms with E-state index < -0.39 is 0 Å². The zero-order valence-corrected chi connectivity index (χ0v) is 13.1. The van der Waals surface area contributed by atoms with Crippen molar-refractivity contribution in [3.63, 3.8) is 0 Å². The lowest BCUT2D eigenvalue weighted by Gasteiger charge is -2.08. The molecule has 2 heteroatoms. The zero-order valence-electron chi connectivity index (χ0n) is 13.1. The molecule has 21 heavy (non-hydrogen) atoms. The normalized spacial score (nSPS) is 10.9. The fraction of sp³-hybridized carbons (Fsp3) is 0.211. The van der Waals surface area contributed by atoms with Crippen molar-refractivity contribution in [2.75, 3.05) is 0 Å². The highest BCUT2D eigenvalue weighted by atomic mass is 15.2. The average Bonchev–Trinajstić information content (AvgIpc) is 2.79. The molecule has 0 saturated heterocycles. The summed E-state index contributed by atoms with van der Waals surface area (Å²) in [6, 6.07) is 17.0. The van der Waals surface area contributed by atoms with Gasteiger partial charge < -0.3 is 0 Å². The molecule has 0 unspecified atom stereocenters. The second-order valence-electron chi connectivity index (χ2n) is 5.61. The number of imidazole rings is 1. The van der Waals surface area contributed by atoms with Crippen LogP contribution in [0.1, 0.15) is 16.8 Å². The van der Waals surface area contributed by atoms with Gasteiger partial charge in [0, 0.05) is 6.92 Å². The van der Waals surface area contributed by atoms with Crippen molar-refractivity contribution in [1.29, 1.82) is 0 Å². The fourth-order valence-electron chi connectivity index (χ4n) is 2.75. The third-order valence-electron chi connectivity index (χ3n) is 4.27. The molecule has 0 aliphatic rings. The van der Waals surface area contributed by atoms with Crippen molar-refractivity contribution in [1.82, 2.24) is 4.57 Å². The number of hydrogen-bond acceptors (Lipinski definition) is 0. The van der Waals surface area contributed by atoms with Crippen LogP contribution in [0, 0.1) is 20.8 Å². The van der Waals surface area contributed by atoms with E-state index in [9.17, 15) is 0 Å². The fourth-order valence-corrected chi connectivity index (χ4v) is 2.75. The number of nitrogens with zero attached hydrogens (tertiary/aromatic N) is 2. The first kappa shape index (κ1) is 13.6. The van der Waals surface area contributed by atoms with Crippen molar-refractivity contribution in [3.05, 3.63) is 71.5 Å². The van der Waals surface area contributed by atoms with Gasteiger partial charge in [0.15, 0.2) is 0 Å². The van der Waals surface area contributed by atoms with Gasteiger partial charge in [-0.15, -0.1) is 0 Å². The molecule has 0 aliphatic carbocycles. The summed E-state index contributed by atoms with van der Waals surface area (Å²) in [5.74, 6) is 1.22. The quantitative estimate of drug-likeness (QED) is 0.628. The van der Waals surface area contributed by atoms with E-state index in [2.05, 4.69) is 91.7 Å². The molecule has 0 aliphatic heterocycles. The van der Waals surface area contributed by atoms with Gasteiger partial charge >= 0.3 is 0 Å². The maximum atomic E-state index is 2.27. The number of aromatic nitrogens is 2. The number of rotatable bonds is 2. The topological polar surface area (TPSA) is 8.81 Å². The molecule has 0 N–H and O–H groups in total. The van der Waals surface area contributed by atoms with Crippen molar-refractivity contribution in [2.24, 2.45) is 7.05 Å². The molecule has 3 rings (SSSR count). The number of hydrogen-bond donors (Lipinski definition) is 0. The van der Waals surface area contributed by atoms with E-state index in [0.29, 0.717) is 0 Å². The maximum absolute atomic E-state index is 2.27. The van der Waals surface area contributed by atoms with Crippen LogP contribution >= 0.6 is 0 Å². The predicted molar refractivity (Wildman–Crippen MR) is 86.6 cm³/mol. The van der Waals surface area contributed by atoms with Crippen molar-refractivity contribution in [2.45, 2.75) is 20.8 Å². The van der Waals surface area contributed by atoms with E-state index in [1.54, 1.807) is 0 Å². The van der Waals surface area contributed by atoms with Gasteiger partial charge in [-0.3, -0.25) is 0 Å². The third kappa shape index (κ3) is 2.27. The largest absolute Gasteiger partial charge is 0.294 e. The van der Waals surface area contributed by atoms with E-state index in [-0.39, 0.29) is 0 Å². The summed E-state index contributed by atoms with van der Waals surface area (Å²) in [5.41, 5.74) is 6.38. The van der Waals surface area contributed by atoms with E-state index >= 15 is 0 Å². The van der Waals surface area contributed by atoms with Crippen LogP contribution in [0.4, 0.5) is 0 Å². The predicted octanol–water partition coefficient (Wildman–Crippen LogP) is 3.89. The van der Waals surface area contributed by atoms with Crippen molar-refractivity contribution < 1.29 is 4.57 Å². The molecule has 1 heterocycles. The van der Waals surface area contributed by atoms with Crippen molar-refractivity contribution >= 4 is 0 Å². The molecular weight excluding hydrogens is 256 g/mol. The molecule has 0 bridgehead atoms. The van der Waals surface area contributed by atoms with Crippen LogP contribution in [0.25, 0.3) is 17.1 Å². The molecule has 106 valence electrons. The van der Waals surface area contributed by atoms with Crippen LogP contribution in [-0.4, -0.2) is 4.57 Å². The third-order valence-corrected chi connectivity index (χ3v) is 4.27. The molecule has 2 aromatic carbocycles. The highest BCUT2D eigenvalue weighted by Crippen LogP contribution is 2.24. The van der Waals surface area contributed by atoms with Crippen LogP contribution < -0.4 is 4.57 Å². The molecule has 2 nitrogen and oxygen atoms in total. The summed E-state index contributed by atoms with van der Waals surface area (Å²) in [6.07, 6.45) is 2.20. The van der Waals surface area contributed by atoms with Crippen LogP contribution in [0.3, 0.4) is 0 Å². The van der Waals surface area contributed by atoms with Crippen LogP contribution in [0.15, 0.2) is 54.7 Å². The Hall–Kier alpha value is -2.35. The average molecular weight is 277 g/mol. The van der Waals surface area contributed by atoms with Gasteiger partial charge in [0.05, 0.1) is 12.6 Å². The SMILES string of the molecule is Cc1cccc(-c2n(C)c(C)c[n+]2-c2ccccc2)c1C. The van der Waals surface area contributed by atoms with E-state index in [1.807, 2.05) is 0 Å². The van der Waals surface area contributed by atoms with Gasteiger partial charge in [-0.2, -0.15) is 4.57 Å². The minimum absolute atomic E-state index is 1.19. The van der Waals surface area contributed by atoms with Gasteiger partial charge in [-0.1, -0.05) is 30.3 Å². The molecule has 0 saturated carbocycles. The zero-order chi connectivity index (χ0) is 15.0. The molecule has 0 fully saturated rings. The minimum atomic E-state index is 1.19. The molecule has 3 aromatic rings. The van der Waals surface area contributed by atoms with Gasteiger partial charge in [0.25, 0.3) is 5.82 Å². The van der Waals surface area contributed by atoms with Crippen LogP contribution in [0.2, 0.25) is 0 Å². The highest BCUT2D eigenvalue weighted by molar-refractivity contribution is 5.61. The summed E-state index contributed by atoms with van der Waals surface area (Å²) >= 11 is 0. The first-order chi connectivity index (χ1) is 10.1. The Kier molecular flexibility index (Phi) is 3.38. The number of benzene rings is 2. The van der Waals surface area contributed by atoms with E-state index in [0.717, 1.165) is 0 Å². The summed E-state index contributed by atoms with van der Waals surface area (Å²) < 4.78 is 4.53. The lowest BCUT2D eigenvalue weighted by Crippen LogP contribution is -2.31. The Morgan fingerprint density at radius 1 is 0.857 bits per heavy atom. The second-order valence-corrected chi connectivity index (χ2v) is 5.61. The summed E-state index contributed by atoms with van der Waals surface area (Å²) in [5, 5.41) is 0. The summed E-state index contributed by atoms with van der Waals surface area (Å²) in [6.45, 7) is 6.51. The van der Waals surface area contributed by atoms with E-state index in [1.165, 1.54) is 33.9 Å². The van der Waals surface area contributed by atoms with Crippen LogP contribution in [-0.2, 0) is 7.05 Å². The monoisotopic (exact) mass is 277 g/mol. The van der Waals surface area contributed by atoms with Crippen molar-refractivity contribution in [3.8, 4) is 17.1 Å². The maximum Gasteiger partial charge on any atom is 0.294 e. The van der Waals surface area contributed by atoms with Gasteiger partial charge in [0.1, 0.15) is 17.6 Å². The molecular formula is C19H21N2+. The Morgan fingerprint density at radius 2 is 1.57 bits per heavy atom. The molecule has 0 atom stereocenters. The Bertz CT molecular complexity index is 783. The first-order valence-electron chi connectivity index (χ1n) is 7.29. The smallest absolute Gasteiger partial charge is 0.230 e. The molecule has 1 aromatic heterocycles. The molecule has 0 spiro atoms. The number of para-hydroxylation sites is 1. The van der Waals surface area contributed by atoms with Gasteiger partial charge in [-0.05, 0) is 43.2 Å². The van der Waals surface area contributed by atoms with Gasteiger partial charge in [0.2, 0.25) is 0 Å².